The highest BCUT2D eigenvalue weighted by Gasteiger charge is 2.20. The van der Waals surface area contributed by atoms with Crippen LogP contribution in [-0.4, -0.2) is 42.2 Å². The molecule has 25 heavy (non-hydrogen) atoms. The van der Waals surface area contributed by atoms with Crippen LogP contribution in [0.25, 0.3) is 0 Å². The number of hydrogen-bond donors (Lipinski definition) is 1. The van der Waals surface area contributed by atoms with E-state index in [2.05, 4.69) is 16.3 Å². The summed E-state index contributed by atoms with van der Waals surface area (Å²) in [6.07, 6.45) is 3.23. The number of thiophene rings is 1. The fourth-order valence-electron chi connectivity index (χ4n) is 3.00. The first kappa shape index (κ1) is 18.8. The third kappa shape index (κ3) is 5.74. The van der Waals surface area contributed by atoms with E-state index in [1.807, 2.05) is 46.8 Å². The van der Waals surface area contributed by atoms with E-state index in [1.165, 1.54) is 4.90 Å². The summed E-state index contributed by atoms with van der Waals surface area (Å²) in [5.74, 6) is 1.15. The summed E-state index contributed by atoms with van der Waals surface area (Å²) in [5.41, 5.74) is 0.782. The standard InChI is InChI=1S/C19H23ClN2OS2/c20-17-4-1-2-5-18(17)25-12-3-9-22-10-6-16(7-11-22)21-19(23)15-8-13-24-14-15/h1-2,4-5,8,13-14,16H,3,6-7,9-12H2,(H,21,23). The van der Waals surface area contributed by atoms with E-state index in [0.717, 1.165) is 55.2 Å². The van der Waals surface area contributed by atoms with E-state index in [1.54, 1.807) is 11.3 Å². The fraction of sp³-hybridized carbons (Fsp3) is 0.421. The average Bonchev–Trinajstić information content (AvgIpc) is 3.16. The molecule has 1 fully saturated rings. The minimum absolute atomic E-state index is 0.0656. The molecule has 0 saturated carbocycles. The second-order valence-corrected chi connectivity index (χ2v) is 8.56. The Hall–Kier alpha value is -1.01. The van der Waals surface area contributed by atoms with Gasteiger partial charge in [0.1, 0.15) is 0 Å². The van der Waals surface area contributed by atoms with Gasteiger partial charge in [0, 0.05) is 35.0 Å². The summed E-state index contributed by atoms with van der Waals surface area (Å²) in [4.78, 5) is 15.8. The van der Waals surface area contributed by atoms with Crippen LogP contribution < -0.4 is 5.32 Å². The summed E-state index contributed by atoms with van der Waals surface area (Å²) < 4.78 is 0. The van der Waals surface area contributed by atoms with Crippen LogP contribution in [0.4, 0.5) is 0 Å². The molecule has 1 aromatic carbocycles. The van der Waals surface area contributed by atoms with Gasteiger partial charge in [-0.15, -0.1) is 11.8 Å². The van der Waals surface area contributed by atoms with Crippen molar-refractivity contribution >= 4 is 40.6 Å². The number of amides is 1. The Morgan fingerprint density at radius 2 is 2.08 bits per heavy atom. The van der Waals surface area contributed by atoms with Gasteiger partial charge in [-0.2, -0.15) is 11.3 Å². The first-order chi connectivity index (χ1) is 12.2. The van der Waals surface area contributed by atoms with Crippen molar-refractivity contribution in [2.24, 2.45) is 0 Å². The maximum Gasteiger partial charge on any atom is 0.252 e. The van der Waals surface area contributed by atoms with Gasteiger partial charge in [-0.05, 0) is 55.1 Å². The number of hydrogen-bond acceptors (Lipinski definition) is 4. The lowest BCUT2D eigenvalue weighted by Gasteiger charge is -2.32. The lowest BCUT2D eigenvalue weighted by molar-refractivity contribution is 0.0911. The molecule has 1 saturated heterocycles. The van der Waals surface area contributed by atoms with Gasteiger partial charge in [0.2, 0.25) is 0 Å². The maximum atomic E-state index is 12.1. The molecule has 1 aliphatic heterocycles. The highest BCUT2D eigenvalue weighted by Crippen LogP contribution is 2.27. The van der Waals surface area contributed by atoms with Crippen molar-refractivity contribution in [1.82, 2.24) is 10.2 Å². The SMILES string of the molecule is O=C(NC1CCN(CCCSc2ccccc2Cl)CC1)c1ccsc1. The molecule has 0 bridgehead atoms. The molecule has 1 aromatic heterocycles. The van der Waals surface area contributed by atoms with E-state index in [-0.39, 0.29) is 5.91 Å². The monoisotopic (exact) mass is 394 g/mol. The number of rotatable bonds is 7. The molecule has 0 radical (unpaired) electrons. The number of piperidine rings is 1. The smallest absolute Gasteiger partial charge is 0.252 e. The van der Waals surface area contributed by atoms with Crippen molar-refractivity contribution in [1.29, 1.82) is 0 Å². The van der Waals surface area contributed by atoms with E-state index < -0.39 is 0 Å². The molecule has 2 heterocycles. The Morgan fingerprint density at radius 3 is 2.80 bits per heavy atom. The molecular formula is C19H23ClN2OS2. The number of nitrogens with one attached hydrogen (secondary N) is 1. The predicted molar refractivity (Wildman–Crippen MR) is 108 cm³/mol. The third-order valence-corrected chi connectivity index (χ3v) is 6.70. The number of nitrogens with zero attached hydrogens (tertiary/aromatic N) is 1. The first-order valence-electron chi connectivity index (χ1n) is 8.65. The highest BCUT2D eigenvalue weighted by molar-refractivity contribution is 7.99. The Bertz CT molecular complexity index is 670. The van der Waals surface area contributed by atoms with Crippen molar-refractivity contribution in [2.45, 2.75) is 30.2 Å². The van der Waals surface area contributed by atoms with E-state index >= 15 is 0 Å². The minimum atomic E-state index is 0.0656. The van der Waals surface area contributed by atoms with Crippen molar-refractivity contribution < 1.29 is 4.79 Å². The number of thioether (sulfide) groups is 1. The normalized spacial score (nSPS) is 16.0. The van der Waals surface area contributed by atoms with Crippen LogP contribution in [0.3, 0.4) is 0 Å². The molecule has 3 rings (SSSR count). The molecule has 2 aromatic rings. The van der Waals surface area contributed by atoms with Crippen molar-refractivity contribution in [3.63, 3.8) is 0 Å². The quantitative estimate of drug-likeness (QED) is 0.541. The van der Waals surface area contributed by atoms with Crippen LogP contribution in [0.5, 0.6) is 0 Å². The number of halogens is 1. The van der Waals surface area contributed by atoms with E-state index in [4.69, 9.17) is 11.6 Å². The second-order valence-electron chi connectivity index (χ2n) is 6.23. The topological polar surface area (TPSA) is 32.3 Å². The van der Waals surface area contributed by atoms with Crippen LogP contribution in [0, 0.1) is 0 Å². The van der Waals surface area contributed by atoms with Gasteiger partial charge in [0.05, 0.1) is 5.02 Å². The zero-order valence-corrected chi connectivity index (χ0v) is 16.5. The lowest BCUT2D eigenvalue weighted by Crippen LogP contribution is -2.44. The molecule has 0 unspecified atom stereocenters. The first-order valence-corrected chi connectivity index (χ1v) is 11.0. The van der Waals surface area contributed by atoms with Crippen LogP contribution in [0.1, 0.15) is 29.6 Å². The molecule has 134 valence electrons. The summed E-state index contributed by atoms with van der Waals surface area (Å²) in [6.45, 7) is 3.24. The number of benzene rings is 1. The number of carbonyl (C=O) groups excluding carboxylic acids is 1. The molecule has 0 aliphatic carbocycles. The second kappa shape index (κ2) is 9.62. The van der Waals surface area contributed by atoms with E-state index in [0.29, 0.717) is 6.04 Å². The Kier molecular flexibility index (Phi) is 7.23. The van der Waals surface area contributed by atoms with Crippen molar-refractivity contribution in [3.8, 4) is 0 Å². The van der Waals surface area contributed by atoms with Crippen LogP contribution in [-0.2, 0) is 0 Å². The molecule has 0 atom stereocenters. The van der Waals surface area contributed by atoms with E-state index in [9.17, 15) is 4.79 Å². The van der Waals surface area contributed by atoms with Crippen LogP contribution >= 0.6 is 34.7 Å². The molecule has 1 aliphatic rings. The molecular weight excluding hydrogens is 372 g/mol. The number of likely N-dealkylation sites (tertiary alicyclic amines) is 1. The summed E-state index contributed by atoms with van der Waals surface area (Å²) in [7, 11) is 0. The third-order valence-electron chi connectivity index (χ3n) is 4.42. The lowest BCUT2D eigenvalue weighted by atomic mass is 10.0. The van der Waals surface area contributed by atoms with Crippen molar-refractivity contribution in [2.75, 3.05) is 25.4 Å². The van der Waals surface area contributed by atoms with Crippen LogP contribution in [0.15, 0.2) is 46.0 Å². The molecule has 6 heteroatoms. The van der Waals surface area contributed by atoms with Gasteiger partial charge in [-0.3, -0.25) is 4.79 Å². The zero-order chi connectivity index (χ0) is 17.5. The molecule has 3 nitrogen and oxygen atoms in total. The fourth-order valence-corrected chi connectivity index (χ4v) is 4.80. The summed E-state index contributed by atoms with van der Waals surface area (Å²) in [5, 5.41) is 7.85. The van der Waals surface area contributed by atoms with Gasteiger partial charge < -0.3 is 10.2 Å². The van der Waals surface area contributed by atoms with Gasteiger partial charge in [0.25, 0.3) is 5.91 Å². The van der Waals surface area contributed by atoms with Crippen LogP contribution in [0.2, 0.25) is 5.02 Å². The van der Waals surface area contributed by atoms with Crippen molar-refractivity contribution in [3.05, 3.63) is 51.7 Å². The molecule has 0 spiro atoms. The number of carbonyl (C=O) groups is 1. The van der Waals surface area contributed by atoms with Gasteiger partial charge in [-0.25, -0.2) is 0 Å². The minimum Gasteiger partial charge on any atom is -0.349 e. The predicted octanol–water partition coefficient (Wildman–Crippen LogP) is 4.78. The van der Waals surface area contributed by atoms with Gasteiger partial charge in [0.15, 0.2) is 0 Å². The zero-order valence-electron chi connectivity index (χ0n) is 14.1. The summed E-state index contributed by atoms with van der Waals surface area (Å²) >= 11 is 9.57. The molecule has 1 amide bonds. The van der Waals surface area contributed by atoms with Gasteiger partial charge in [-0.1, -0.05) is 23.7 Å². The summed E-state index contributed by atoms with van der Waals surface area (Å²) in [6, 6.07) is 10.2. The van der Waals surface area contributed by atoms with Gasteiger partial charge >= 0.3 is 0 Å². The Labute approximate surface area is 162 Å². The largest absolute Gasteiger partial charge is 0.349 e. The average molecular weight is 395 g/mol. The highest BCUT2D eigenvalue weighted by atomic mass is 35.5. The Balaban J connectivity index is 1.31. The Morgan fingerprint density at radius 1 is 1.28 bits per heavy atom. The maximum absolute atomic E-state index is 12.1. The molecule has 1 N–H and O–H groups in total.